The highest BCUT2D eigenvalue weighted by molar-refractivity contribution is 7.21. The molecule has 24 heavy (non-hydrogen) atoms. The Kier molecular flexibility index (Phi) is 4.19. The van der Waals surface area contributed by atoms with Gasteiger partial charge in [-0.1, -0.05) is 0 Å². The quantitative estimate of drug-likeness (QED) is 0.831. The number of alkyl halides is 3. The van der Waals surface area contributed by atoms with Crippen LogP contribution in [-0.2, 0) is 6.18 Å². The maximum absolute atomic E-state index is 12.9. The van der Waals surface area contributed by atoms with Gasteiger partial charge in [-0.3, -0.25) is 4.79 Å². The minimum absolute atomic E-state index is 0.107. The Bertz CT molecular complexity index is 800. The molecule has 1 amide bonds. The van der Waals surface area contributed by atoms with Crippen LogP contribution in [0.5, 0.6) is 0 Å². The van der Waals surface area contributed by atoms with E-state index in [1.807, 2.05) is 6.92 Å². The highest BCUT2D eigenvalue weighted by Crippen LogP contribution is 2.39. The molecule has 1 fully saturated rings. The van der Waals surface area contributed by atoms with Crippen LogP contribution in [0.1, 0.15) is 47.1 Å². The average Bonchev–Trinajstić information content (AvgIpc) is 2.84. The van der Waals surface area contributed by atoms with Gasteiger partial charge in [-0.25, -0.2) is 4.98 Å². The van der Waals surface area contributed by atoms with Crippen molar-refractivity contribution in [3.05, 3.63) is 22.2 Å². The summed E-state index contributed by atoms with van der Waals surface area (Å²) in [5.41, 5.74) is 5.75. The summed E-state index contributed by atoms with van der Waals surface area (Å²) >= 11 is 0.945. The Hall–Kier alpha value is -1.83. The van der Waals surface area contributed by atoms with Crippen molar-refractivity contribution in [2.75, 3.05) is 12.3 Å². The van der Waals surface area contributed by atoms with Crippen molar-refractivity contribution >= 4 is 33.1 Å². The van der Waals surface area contributed by atoms with Gasteiger partial charge in [0.1, 0.15) is 15.4 Å². The Morgan fingerprint density at radius 1 is 1.42 bits per heavy atom. The largest absolute Gasteiger partial charge is 0.433 e. The van der Waals surface area contributed by atoms with Gasteiger partial charge >= 0.3 is 6.18 Å². The minimum Gasteiger partial charge on any atom is -0.397 e. The van der Waals surface area contributed by atoms with Gasteiger partial charge in [-0.15, -0.1) is 11.3 Å². The number of fused-ring (bicyclic) bond motifs is 1. The maximum Gasteiger partial charge on any atom is 0.433 e. The predicted molar refractivity (Wildman–Crippen MR) is 88.1 cm³/mol. The van der Waals surface area contributed by atoms with Gasteiger partial charge in [0.25, 0.3) is 5.91 Å². The predicted octanol–water partition coefficient (Wildman–Crippen LogP) is 4.22. The first-order valence-electron chi connectivity index (χ1n) is 7.78. The number of piperidine rings is 1. The third-order valence-electron chi connectivity index (χ3n) is 4.44. The fourth-order valence-corrected chi connectivity index (χ4v) is 4.27. The number of hydrogen-bond donors (Lipinski definition) is 1. The Labute approximate surface area is 141 Å². The lowest BCUT2D eigenvalue weighted by Gasteiger charge is -2.33. The topological polar surface area (TPSA) is 59.2 Å². The van der Waals surface area contributed by atoms with Crippen LogP contribution in [0.3, 0.4) is 0 Å². The van der Waals surface area contributed by atoms with Crippen molar-refractivity contribution in [1.82, 2.24) is 9.88 Å². The lowest BCUT2D eigenvalue weighted by molar-refractivity contribution is -0.141. The zero-order valence-corrected chi connectivity index (χ0v) is 14.2. The first kappa shape index (κ1) is 17.0. The fraction of sp³-hybridized carbons (Fsp3) is 0.500. The molecular weight excluding hydrogens is 339 g/mol. The summed E-state index contributed by atoms with van der Waals surface area (Å²) in [5, 5.41) is 0.445. The number of nitrogens with zero attached hydrogens (tertiary/aromatic N) is 2. The Morgan fingerprint density at radius 2 is 2.12 bits per heavy atom. The Balaban J connectivity index is 2.08. The van der Waals surface area contributed by atoms with Crippen molar-refractivity contribution in [3.8, 4) is 0 Å². The number of nitrogens with two attached hydrogens (primary N) is 1. The molecule has 0 saturated carbocycles. The molecule has 0 bridgehead atoms. The summed E-state index contributed by atoms with van der Waals surface area (Å²) in [6.07, 6.45) is -1.60. The van der Waals surface area contributed by atoms with Crippen LogP contribution in [0.4, 0.5) is 18.9 Å². The highest BCUT2D eigenvalue weighted by Gasteiger charge is 2.34. The number of halogens is 3. The minimum atomic E-state index is -4.52. The molecule has 1 atom stereocenters. The monoisotopic (exact) mass is 357 g/mol. The van der Waals surface area contributed by atoms with E-state index in [2.05, 4.69) is 4.98 Å². The number of carbonyl (C=O) groups excluding carboxylic acids is 1. The molecule has 8 heteroatoms. The second-order valence-electron chi connectivity index (χ2n) is 6.19. The van der Waals surface area contributed by atoms with Crippen molar-refractivity contribution in [2.45, 2.75) is 45.3 Å². The fourth-order valence-electron chi connectivity index (χ4n) is 3.14. The lowest BCUT2D eigenvalue weighted by atomic mass is 10.0. The van der Waals surface area contributed by atoms with E-state index in [9.17, 15) is 18.0 Å². The lowest BCUT2D eigenvalue weighted by Crippen LogP contribution is -2.41. The van der Waals surface area contributed by atoms with Gasteiger partial charge in [0.2, 0.25) is 0 Å². The molecule has 0 aliphatic carbocycles. The molecule has 2 N–H and O–H groups in total. The molecule has 2 aromatic heterocycles. The van der Waals surface area contributed by atoms with Crippen LogP contribution < -0.4 is 5.73 Å². The zero-order valence-electron chi connectivity index (χ0n) is 13.4. The number of thiophene rings is 1. The molecule has 1 unspecified atom stereocenters. The third kappa shape index (κ3) is 2.83. The molecule has 4 nitrogen and oxygen atoms in total. The molecule has 130 valence electrons. The van der Waals surface area contributed by atoms with E-state index in [0.717, 1.165) is 36.7 Å². The smallest absolute Gasteiger partial charge is 0.397 e. The second-order valence-corrected chi connectivity index (χ2v) is 7.19. The summed E-state index contributed by atoms with van der Waals surface area (Å²) in [5.74, 6) is -0.212. The molecule has 0 spiro atoms. The van der Waals surface area contributed by atoms with Crippen molar-refractivity contribution < 1.29 is 18.0 Å². The molecule has 1 aliphatic heterocycles. The van der Waals surface area contributed by atoms with Gasteiger partial charge in [-0.05, 0) is 44.7 Å². The second kappa shape index (κ2) is 5.91. The molecule has 0 radical (unpaired) electrons. The standard InChI is InChI=1S/C16H18F3N3OS/c1-8-7-10(16(17,18)19)21-14-11(8)12(20)13(24-14)15(23)22-6-4-3-5-9(22)2/h7,9H,3-6,20H2,1-2H3. The normalized spacial score (nSPS) is 19.0. The number of nitrogen functional groups attached to an aromatic ring is 1. The average molecular weight is 357 g/mol. The summed E-state index contributed by atoms with van der Waals surface area (Å²) in [6.45, 7) is 4.18. The summed E-state index contributed by atoms with van der Waals surface area (Å²) < 4.78 is 38.8. The van der Waals surface area contributed by atoms with E-state index in [1.54, 1.807) is 11.8 Å². The molecule has 3 heterocycles. The molecule has 1 saturated heterocycles. The van der Waals surface area contributed by atoms with E-state index in [-0.39, 0.29) is 27.3 Å². The number of anilines is 1. The van der Waals surface area contributed by atoms with Crippen LogP contribution in [0.2, 0.25) is 0 Å². The number of amides is 1. The van der Waals surface area contributed by atoms with E-state index in [1.165, 1.54) is 0 Å². The summed E-state index contributed by atoms with van der Waals surface area (Å²) in [4.78, 5) is 18.7. The molecule has 0 aromatic carbocycles. The SMILES string of the molecule is Cc1cc(C(F)(F)F)nc2sc(C(=O)N3CCCCC3C)c(N)c12. The van der Waals surface area contributed by atoms with Crippen molar-refractivity contribution in [2.24, 2.45) is 0 Å². The summed E-state index contributed by atoms with van der Waals surface area (Å²) in [6, 6.07) is 1.08. The van der Waals surface area contributed by atoms with Crippen LogP contribution in [-0.4, -0.2) is 28.4 Å². The molecule has 3 rings (SSSR count). The number of pyridine rings is 1. The van der Waals surface area contributed by atoms with Crippen LogP contribution in [0.15, 0.2) is 6.07 Å². The van der Waals surface area contributed by atoms with E-state index < -0.39 is 11.9 Å². The number of rotatable bonds is 1. The van der Waals surface area contributed by atoms with Gasteiger partial charge < -0.3 is 10.6 Å². The first-order chi connectivity index (χ1) is 11.2. The number of aryl methyl sites for hydroxylation is 1. The van der Waals surface area contributed by atoms with E-state index in [0.29, 0.717) is 17.5 Å². The zero-order chi connectivity index (χ0) is 17.6. The van der Waals surface area contributed by atoms with Gasteiger partial charge in [0, 0.05) is 18.0 Å². The van der Waals surface area contributed by atoms with Crippen LogP contribution in [0.25, 0.3) is 10.2 Å². The molecular formula is C16H18F3N3OS. The van der Waals surface area contributed by atoms with Crippen LogP contribution in [0, 0.1) is 6.92 Å². The number of likely N-dealkylation sites (tertiary alicyclic amines) is 1. The van der Waals surface area contributed by atoms with Gasteiger partial charge in [-0.2, -0.15) is 13.2 Å². The number of hydrogen-bond acceptors (Lipinski definition) is 4. The number of aromatic nitrogens is 1. The third-order valence-corrected chi connectivity index (χ3v) is 5.53. The van der Waals surface area contributed by atoms with Gasteiger partial charge in [0.15, 0.2) is 0 Å². The van der Waals surface area contributed by atoms with E-state index >= 15 is 0 Å². The molecule has 1 aliphatic rings. The first-order valence-corrected chi connectivity index (χ1v) is 8.59. The van der Waals surface area contributed by atoms with E-state index in [4.69, 9.17) is 5.73 Å². The molecule has 2 aromatic rings. The van der Waals surface area contributed by atoms with Gasteiger partial charge in [0.05, 0.1) is 5.69 Å². The van der Waals surface area contributed by atoms with Crippen molar-refractivity contribution in [1.29, 1.82) is 0 Å². The maximum atomic E-state index is 12.9. The summed E-state index contributed by atoms with van der Waals surface area (Å²) in [7, 11) is 0. The van der Waals surface area contributed by atoms with Crippen LogP contribution >= 0.6 is 11.3 Å². The van der Waals surface area contributed by atoms with Crippen molar-refractivity contribution in [3.63, 3.8) is 0 Å². The highest BCUT2D eigenvalue weighted by atomic mass is 32.1. The number of carbonyl (C=O) groups is 1. The Morgan fingerprint density at radius 3 is 2.75 bits per heavy atom.